The first-order valence-electron chi connectivity index (χ1n) is 7.42. The largest absolute Gasteiger partial charge is 0.495 e. The molecule has 26 heavy (non-hydrogen) atoms. The second-order valence-electron chi connectivity index (χ2n) is 5.15. The monoisotopic (exact) mass is 407 g/mol. The third-order valence-corrected chi connectivity index (χ3v) is 5.46. The van der Waals surface area contributed by atoms with Crippen molar-refractivity contribution in [2.24, 2.45) is 10.7 Å². The van der Waals surface area contributed by atoms with Crippen LogP contribution in [0.5, 0.6) is 5.75 Å². The number of aliphatic imine (C=N–C) groups is 1. The lowest BCUT2D eigenvalue weighted by molar-refractivity contribution is -0.115. The van der Waals surface area contributed by atoms with Crippen LogP contribution in [0.4, 0.5) is 5.69 Å². The molecule has 0 radical (unpaired) electrons. The molecule has 3 rings (SSSR count). The summed E-state index contributed by atoms with van der Waals surface area (Å²) in [6.45, 7) is 0. The Morgan fingerprint density at radius 3 is 2.88 bits per heavy atom. The standard InChI is InChI=1S/C17H14ClN3O3S2/c1-24-14-5-4-10(7-12(14)18)21-16(23)13(8-11-3-2-6-25-11)20-17(21)26-9-15(19)22/h2-8H,9H2,1H3,(H2,19,22)/b13-8-. The van der Waals surface area contributed by atoms with Crippen molar-refractivity contribution in [1.82, 2.24) is 0 Å². The molecule has 0 fully saturated rings. The highest BCUT2D eigenvalue weighted by Gasteiger charge is 2.32. The van der Waals surface area contributed by atoms with Crippen molar-refractivity contribution in [2.45, 2.75) is 0 Å². The molecule has 1 aliphatic heterocycles. The van der Waals surface area contributed by atoms with E-state index in [0.717, 1.165) is 16.6 Å². The van der Waals surface area contributed by atoms with Gasteiger partial charge in [-0.3, -0.25) is 14.5 Å². The quantitative estimate of drug-likeness (QED) is 0.770. The minimum absolute atomic E-state index is 0.0127. The van der Waals surface area contributed by atoms with Gasteiger partial charge in [0.1, 0.15) is 11.4 Å². The molecular weight excluding hydrogens is 394 g/mol. The molecule has 134 valence electrons. The number of rotatable bonds is 5. The Kier molecular flexibility index (Phi) is 5.65. The molecule has 6 nitrogen and oxygen atoms in total. The average molecular weight is 408 g/mol. The number of amides is 2. The molecule has 0 spiro atoms. The number of hydrogen-bond acceptors (Lipinski definition) is 6. The minimum atomic E-state index is -0.492. The number of carbonyl (C=O) groups excluding carboxylic acids is 2. The molecule has 0 saturated heterocycles. The van der Waals surface area contributed by atoms with E-state index in [1.165, 1.54) is 23.3 Å². The third kappa shape index (κ3) is 3.92. The summed E-state index contributed by atoms with van der Waals surface area (Å²) in [4.78, 5) is 30.8. The highest BCUT2D eigenvalue weighted by molar-refractivity contribution is 8.14. The highest BCUT2D eigenvalue weighted by atomic mass is 35.5. The maximum atomic E-state index is 12.9. The van der Waals surface area contributed by atoms with Crippen LogP contribution < -0.4 is 15.4 Å². The van der Waals surface area contributed by atoms with Gasteiger partial charge in [0.25, 0.3) is 5.91 Å². The molecule has 0 aliphatic carbocycles. The maximum absolute atomic E-state index is 12.9. The number of hydrogen-bond donors (Lipinski definition) is 1. The fourth-order valence-electron chi connectivity index (χ4n) is 2.26. The van der Waals surface area contributed by atoms with E-state index in [1.807, 2.05) is 17.5 Å². The van der Waals surface area contributed by atoms with E-state index in [-0.39, 0.29) is 17.4 Å². The molecule has 1 aromatic carbocycles. The van der Waals surface area contributed by atoms with Crippen molar-refractivity contribution in [3.8, 4) is 5.75 Å². The predicted octanol–water partition coefficient (Wildman–Crippen LogP) is 3.37. The van der Waals surface area contributed by atoms with Gasteiger partial charge in [0.2, 0.25) is 5.91 Å². The topological polar surface area (TPSA) is 85.0 Å². The van der Waals surface area contributed by atoms with Crippen LogP contribution in [0.25, 0.3) is 6.08 Å². The number of carbonyl (C=O) groups is 2. The van der Waals surface area contributed by atoms with Gasteiger partial charge in [-0.25, -0.2) is 4.99 Å². The normalized spacial score (nSPS) is 15.5. The second-order valence-corrected chi connectivity index (χ2v) is 7.48. The van der Waals surface area contributed by atoms with E-state index < -0.39 is 5.91 Å². The van der Waals surface area contributed by atoms with Crippen molar-refractivity contribution in [1.29, 1.82) is 0 Å². The predicted molar refractivity (Wildman–Crippen MR) is 107 cm³/mol. The molecule has 0 atom stereocenters. The number of nitrogens with zero attached hydrogens (tertiary/aromatic N) is 2. The van der Waals surface area contributed by atoms with Gasteiger partial charge in [0.05, 0.1) is 23.6 Å². The average Bonchev–Trinajstić information content (AvgIpc) is 3.22. The van der Waals surface area contributed by atoms with Crippen LogP contribution in [0.15, 0.2) is 46.4 Å². The van der Waals surface area contributed by atoms with Crippen LogP contribution in [0.3, 0.4) is 0 Å². The maximum Gasteiger partial charge on any atom is 0.283 e. The number of anilines is 1. The summed E-state index contributed by atoms with van der Waals surface area (Å²) in [7, 11) is 1.51. The highest BCUT2D eigenvalue weighted by Crippen LogP contribution is 2.34. The van der Waals surface area contributed by atoms with Crippen LogP contribution in [-0.2, 0) is 9.59 Å². The zero-order valence-electron chi connectivity index (χ0n) is 13.6. The lowest BCUT2D eigenvalue weighted by Gasteiger charge is -2.18. The first-order chi connectivity index (χ1) is 12.5. The molecule has 0 saturated carbocycles. The van der Waals surface area contributed by atoms with Crippen molar-refractivity contribution < 1.29 is 14.3 Å². The number of primary amides is 1. The van der Waals surface area contributed by atoms with Crippen molar-refractivity contribution in [3.05, 3.63) is 51.3 Å². The molecule has 1 aromatic heterocycles. The summed E-state index contributed by atoms with van der Waals surface area (Å²) >= 11 is 8.79. The zero-order valence-corrected chi connectivity index (χ0v) is 16.0. The SMILES string of the molecule is COc1ccc(N2C(=O)/C(=C/c3cccs3)N=C2SCC(N)=O)cc1Cl. The van der Waals surface area contributed by atoms with E-state index in [4.69, 9.17) is 22.1 Å². The molecule has 0 unspecified atom stereocenters. The van der Waals surface area contributed by atoms with Gasteiger partial charge in [0, 0.05) is 4.88 Å². The fourth-order valence-corrected chi connectivity index (χ4v) is 3.91. The van der Waals surface area contributed by atoms with E-state index in [1.54, 1.807) is 24.3 Å². The van der Waals surface area contributed by atoms with Crippen LogP contribution >= 0.6 is 34.7 Å². The first-order valence-corrected chi connectivity index (χ1v) is 9.67. The molecule has 2 amide bonds. The Labute approximate surface area is 163 Å². The lowest BCUT2D eigenvalue weighted by atomic mass is 10.2. The Morgan fingerprint density at radius 2 is 2.27 bits per heavy atom. The van der Waals surface area contributed by atoms with Crippen molar-refractivity contribution in [3.63, 3.8) is 0 Å². The Balaban J connectivity index is 1.98. The second kappa shape index (κ2) is 7.94. The third-order valence-electron chi connectivity index (χ3n) is 3.39. The van der Waals surface area contributed by atoms with Crippen molar-refractivity contribution >= 4 is 63.4 Å². The number of thiophene rings is 1. The summed E-state index contributed by atoms with van der Waals surface area (Å²) < 4.78 is 5.14. The van der Waals surface area contributed by atoms with Gasteiger partial charge in [-0.05, 0) is 35.7 Å². The number of benzene rings is 1. The summed E-state index contributed by atoms with van der Waals surface area (Å²) in [6, 6.07) is 8.78. The Morgan fingerprint density at radius 1 is 1.46 bits per heavy atom. The Hall–Kier alpha value is -2.29. The number of methoxy groups -OCH3 is 1. The van der Waals surface area contributed by atoms with Crippen LogP contribution in [0, 0.1) is 0 Å². The molecular formula is C17H14ClN3O3S2. The van der Waals surface area contributed by atoms with E-state index >= 15 is 0 Å². The molecule has 1 aliphatic rings. The van der Waals surface area contributed by atoms with Gasteiger partial charge in [0.15, 0.2) is 5.17 Å². The van der Waals surface area contributed by atoms with E-state index in [2.05, 4.69) is 4.99 Å². The zero-order chi connectivity index (χ0) is 18.7. The van der Waals surface area contributed by atoms with Crippen molar-refractivity contribution in [2.75, 3.05) is 17.8 Å². The van der Waals surface area contributed by atoms with E-state index in [9.17, 15) is 9.59 Å². The van der Waals surface area contributed by atoms with Crippen LogP contribution in [-0.4, -0.2) is 29.8 Å². The molecule has 2 aromatic rings. The van der Waals surface area contributed by atoms with Gasteiger partial charge >= 0.3 is 0 Å². The van der Waals surface area contributed by atoms with E-state index in [0.29, 0.717) is 21.6 Å². The molecule has 9 heteroatoms. The molecule has 2 N–H and O–H groups in total. The summed E-state index contributed by atoms with van der Waals surface area (Å²) in [5.41, 5.74) is 6.04. The number of thioether (sulfide) groups is 1. The van der Waals surface area contributed by atoms with Gasteiger partial charge < -0.3 is 10.5 Å². The molecule has 2 heterocycles. The number of amidine groups is 1. The smallest absolute Gasteiger partial charge is 0.283 e. The molecule has 0 bridgehead atoms. The fraction of sp³-hybridized carbons (Fsp3) is 0.118. The Bertz CT molecular complexity index is 910. The number of nitrogens with two attached hydrogens (primary N) is 1. The number of ether oxygens (including phenoxy) is 1. The number of halogens is 1. The summed E-state index contributed by atoms with van der Waals surface area (Å²) in [5.74, 6) is -0.279. The minimum Gasteiger partial charge on any atom is -0.495 e. The van der Waals surface area contributed by atoms with Crippen LogP contribution in [0.1, 0.15) is 4.88 Å². The summed E-state index contributed by atoms with van der Waals surface area (Å²) in [5, 5.41) is 2.66. The lowest BCUT2D eigenvalue weighted by Crippen LogP contribution is -2.31. The van der Waals surface area contributed by atoms with Gasteiger partial charge in [-0.1, -0.05) is 29.4 Å². The first kappa shape index (κ1) is 18.5. The summed E-state index contributed by atoms with van der Waals surface area (Å²) in [6.07, 6.45) is 1.71. The van der Waals surface area contributed by atoms with Gasteiger partial charge in [-0.2, -0.15) is 0 Å². The van der Waals surface area contributed by atoms with Gasteiger partial charge in [-0.15, -0.1) is 11.3 Å². The van der Waals surface area contributed by atoms with Crippen LogP contribution in [0.2, 0.25) is 5.02 Å².